The molecule has 0 saturated carbocycles. The van der Waals surface area contributed by atoms with E-state index in [9.17, 15) is 18.3 Å². The normalized spacial score (nSPS) is 21.0. The van der Waals surface area contributed by atoms with Crippen molar-refractivity contribution >= 4 is 39.9 Å². The summed E-state index contributed by atoms with van der Waals surface area (Å²) in [5.41, 5.74) is -1.75. The van der Waals surface area contributed by atoms with Crippen LogP contribution in [0.5, 0.6) is 0 Å². The summed E-state index contributed by atoms with van der Waals surface area (Å²) in [6.07, 6.45) is -1.06. The van der Waals surface area contributed by atoms with Gasteiger partial charge >= 0.3 is 6.18 Å². The molecule has 25 heavy (non-hydrogen) atoms. The van der Waals surface area contributed by atoms with Crippen molar-refractivity contribution in [1.82, 2.24) is 4.90 Å². The number of aliphatic hydroxyl groups is 1. The van der Waals surface area contributed by atoms with E-state index in [1.165, 1.54) is 16.7 Å². The van der Waals surface area contributed by atoms with Gasteiger partial charge in [0.2, 0.25) is 0 Å². The van der Waals surface area contributed by atoms with Crippen LogP contribution in [0.4, 0.5) is 13.2 Å². The molecule has 2 aromatic rings. The SMILES string of the molecule is OC1(c2cc(C(F)(F)F)ccc2Cl)CSC(=S)N1Cc1ccc[nH+]c1. The van der Waals surface area contributed by atoms with Crippen LogP contribution in [0.1, 0.15) is 16.7 Å². The van der Waals surface area contributed by atoms with Crippen molar-refractivity contribution in [2.24, 2.45) is 0 Å². The number of hydrogen-bond acceptors (Lipinski definition) is 3. The Morgan fingerprint density at radius 2 is 2.12 bits per heavy atom. The molecule has 0 radical (unpaired) electrons. The number of nitrogens with one attached hydrogen (secondary N) is 1. The maximum Gasteiger partial charge on any atom is 0.416 e. The van der Waals surface area contributed by atoms with Gasteiger partial charge in [-0.2, -0.15) is 13.2 Å². The molecule has 9 heteroatoms. The molecule has 1 aromatic carbocycles. The third kappa shape index (κ3) is 3.62. The lowest BCUT2D eigenvalue weighted by Gasteiger charge is -2.35. The third-order valence-electron chi connectivity index (χ3n) is 3.90. The summed E-state index contributed by atoms with van der Waals surface area (Å²) in [6.45, 7) is 0.242. The Kier molecular flexibility index (Phi) is 4.98. The van der Waals surface area contributed by atoms with Gasteiger partial charge in [-0.05, 0) is 24.3 Å². The van der Waals surface area contributed by atoms with Crippen molar-refractivity contribution < 1.29 is 23.3 Å². The van der Waals surface area contributed by atoms with Gasteiger partial charge in [0.25, 0.3) is 0 Å². The minimum absolute atomic E-state index is 0.00347. The van der Waals surface area contributed by atoms with E-state index < -0.39 is 17.5 Å². The number of thiocarbonyl (C=S) groups is 1. The first kappa shape index (κ1) is 18.4. The van der Waals surface area contributed by atoms with Crippen LogP contribution in [-0.4, -0.2) is 20.1 Å². The number of rotatable bonds is 3. The van der Waals surface area contributed by atoms with Crippen LogP contribution in [0.2, 0.25) is 5.02 Å². The van der Waals surface area contributed by atoms with Gasteiger partial charge in [-0.3, -0.25) is 0 Å². The molecule has 2 heterocycles. The Morgan fingerprint density at radius 3 is 2.76 bits per heavy atom. The number of thioether (sulfide) groups is 1. The molecule has 0 spiro atoms. The molecule has 1 fully saturated rings. The highest BCUT2D eigenvalue weighted by Gasteiger charge is 2.46. The number of benzene rings is 1. The Morgan fingerprint density at radius 1 is 1.36 bits per heavy atom. The average molecular weight is 406 g/mol. The summed E-state index contributed by atoms with van der Waals surface area (Å²) in [5.74, 6) is 0.101. The fourth-order valence-electron chi connectivity index (χ4n) is 2.61. The maximum absolute atomic E-state index is 13.1. The van der Waals surface area contributed by atoms with Gasteiger partial charge in [0.1, 0.15) is 4.32 Å². The minimum atomic E-state index is -4.53. The number of aromatic nitrogens is 1. The minimum Gasteiger partial charge on any atom is -0.366 e. The first-order valence-corrected chi connectivity index (χ1v) is 8.98. The molecule has 132 valence electrons. The third-order valence-corrected chi connectivity index (χ3v) is 5.82. The van der Waals surface area contributed by atoms with Crippen molar-refractivity contribution in [2.75, 3.05) is 5.75 Å². The monoisotopic (exact) mass is 405 g/mol. The summed E-state index contributed by atoms with van der Waals surface area (Å²) in [6, 6.07) is 6.55. The molecular weight excluding hydrogens is 393 g/mol. The molecule has 0 bridgehead atoms. The number of alkyl halides is 3. The number of H-pyrrole nitrogens is 1. The molecule has 3 rings (SSSR count). The van der Waals surface area contributed by atoms with Crippen LogP contribution in [0.15, 0.2) is 42.7 Å². The number of pyridine rings is 1. The topological polar surface area (TPSA) is 37.6 Å². The number of nitrogens with zero attached hydrogens (tertiary/aromatic N) is 1. The summed E-state index contributed by atoms with van der Waals surface area (Å²) in [4.78, 5) is 4.42. The smallest absolute Gasteiger partial charge is 0.366 e. The number of halogens is 4. The van der Waals surface area contributed by atoms with Crippen molar-refractivity contribution in [1.29, 1.82) is 0 Å². The van der Waals surface area contributed by atoms with E-state index in [1.54, 1.807) is 18.5 Å². The van der Waals surface area contributed by atoms with E-state index in [0.29, 0.717) is 4.32 Å². The lowest BCUT2D eigenvalue weighted by Crippen LogP contribution is -2.44. The van der Waals surface area contributed by atoms with Crippen LogP contribution >= 0.6 is 35.6 Å². The molecule has 1 unspecified atom stereocenters. The Bertz CT molecular complexity index is 804. The second-order valence-electron chi connectivity index (χ2n) is 5.56. The molecule has 1 aliphatic heterocycles. The lowest BCUT2D eigenvalue weighted by atomic mass is 9.99. The standard InChI is InChI=1S/C16H12ClF3N2OS2/c17-13-4-3-11(16(18,19)20)6-12(13)15(23)9-25-14(24)22(15)8-10-2-1-5-21-7-10/h1-7,23H,8-9H2/p+1. The fraction of sp³-hybridized carbons (Fsp3) is 0.250. The van der Waals surface area contributed by atoms with E-state index in [2.05, 4.69) is 4.98 Å². The fourth-order valence-corrected chi connectivity index (χ4v) is 4.28. The molecule has 1 aromatic heterocycles. The van der Waals surface area contributed by atoms with Crippen LogP contribution < -0.4 is 4.98 Å². The highest BCUT2D eigenvalue weighted by atomic mass is 35.5. The van der Waals surface area contributed by atoms with Crippen LogP contribution in [0, 0.1) is 0 Å². The van der Waals surface area contributed by atoms with Gasteiger partial charge in [0.05, 0.1) is 17.9 Å². The molecule has 0 amide bonds. The average Bonchev–Trinajstić information content (AvgIpc) is 2.84. The van der Waals surface area contributed by atoms with E-state index in [0.717, 1.165) is 23.8 Å². The van der Waals surface area contributed by atoms with Gasteiger partial charge in [0, 0.05) is 22.2 Å². The lowest BCUT2D eigenvalue weighted by molar-refractivity contribution is -0.378. The summed E-state index contributed by atoms with van der Waals surface area (Å²) < 4.78 is 39.6. The molecule has 0 aliphatic carbocycles. The van der Waals surface area contributed by atoms with Gasteiger partial charge in [-0.15, -0.1) is 0 Å². The largest absolute Gasteiger partial charge is 0.416 e. The first-order chi connectivity index (χ1) is 11.7. The number of aromatic amines is 1. The molecule has 1 aliphatic rings. The van der Waals surface area contributed by atoms with Crippen molar-refractivity contribution in [3.63, 3.8) is 0 Å². The van der Waals surface area contributed by atoms with Crippen molar-refractivity contribution in [3.8, 4) is 0 Å². The van der Waals surface area contributed by atoms with Gasteiger partial charge in [-0.1, -0.05) is 35.6 Å². The summed E-state index contributed by atoms with van der Waals surface area (Å²) >= 11 is 12.6. The van der Waals surface area contributed by atoms with Crippen molar-refractivity contribution in [3.05, 3.63) is 64.4 Å². The molecule has 1 atom stereocenters. The van der Waals surface area contributed by atoms with Crippen molar-refractivity contribution in [2.45, 2.75) is 18.4 Å². The zero-order chi connectivity index (χ0) is 18.2. The molecule has 2 N–H and O–H groups in total. The van der Waals surface area contributed by atoms with Gasteiger partial charge in [0.15, 0.2) is 18.1 Å². The van der Waals surface area contributed by atoms with E-state index >= 15 is 0 Å². The summed E-state index contributed by atoms with van der Waals surface area (Å²) in [7, 11) is 0. The van der Waals surface area contributed by atoms with Gasteiger partial charge in [-0.25, -0.2) is 4.98 Å². The maximum atomic E-state index is 13.1. The zero-order valence-electron chi connectivity index (χ0n) is 12.7. The molecule has 1 saturated heterocycles. The van der Waals surface area contributed by atoms with E-state index in [-0.39, 0.29) is 22.9 Å². The number of hydrogen-bond donors (Lipinski definition) is 1. The van der Waals surface area contributed by atoms with E-state index in [4.69, 9.17) is 23.8 Å². The summed E-state index contributed by atoms with van der Waals surface area (Å²) in [5, 5.41) is 11.2. The first-order valence-electron chi connectivity index (χ1n) is 7.21. The molecule has 3 nitrogen and oxygen atoms in total. The zero-order valence-corrected chi connectivity index (χ0v) is 15.1. The van der Waals surface area contributed by atoms with Crippen LogP contribution in [0.3, 0.4) is 0 Å². The Labute approximate surface area is 156 Å². The second kappa shape index (κ2) is 6.75. The van der Waals surface area contributed by atoms with E-state index in [1.807, 2.05) is 6.07 Å². The van der Waals surface area contributed by atoms with Crippen LogP contribution in [0.25, 0.3) is 0 Å². The van der Waals surface area contributed by atoms with Gasteiger partial charge < -0.3 is 10.0 Å². The Hall–Kier alpha value is -1.35. The second-order valence-corrected chi connectivity index (χ2v) is 7.58. The van der Waals surface area contributed by atoms with Crippen LogP contribution in [-0.2, 0) is 18.4 Å². The predicted octanol–water partition coefficient (Wildman–Crippen LogP) is 3.85. The highest BCUT2D eigenvalue weighted by Crippen LogP contribution is 2.44. The highest BCUT2D eigenvalue weighted by molar-refractivity contribution is 8.23. The predicted molar refractivity (Wildman–Crippen MR) is 93.9 cm³/mol. The Balaban J connectivity index is 2.03. The molecular formula is C16H13ClF3N2OS2+. The quantitative estimate of drug-likeness (QED) is 0.787.